The summed E-state index contributed by atoms with van der Waals surface area (Å²) in [7, 11) is 0. The minimum atomic E-state index is -4.49. The summed E-state index contributed by atoms with van der Waals surface area (Å²) < 4.78 is 47.3. The molecule has 0 radical (unpaired) electrons. The fourth-order valence-electron chi connectivity index (χ4n) is 4.07. The summed E-state index contributed by atoms with van der Waals surface area (Å²) in [5.74, 6) is 0.643. The number of rotatable bonds is 2. The standard InChI is InChI=1S/C19H23F3N4O2/c1-11-5-6-12(2)25(10-11)18(27)14-9-17-23-13(15-4-3-7-28-15)8-16(19(20,21)22)26(17)24-14/h3-4,7,9,11-13,16,23H,5-6,8,10H2,1-2H3/t11-,12+,13-,16+/m1/s1. The molecule has 1 N–H and O–H groups in total. The van der Waals surface area contributed by atoms with Crippen molar-refractivity contribution in [1.29, 1.82) is 0 Å². The molecule has 0 aromatic carbocycles. The van der Waals surface area contributed by atoms with Crippen LogP contribution in [0.1, 0.15) is 61.4 Å². The van der Waals surface area contributed by atoms with Crippen LogP contribution in [0.25, 0.3) is 0 Å². The molecule has 0 aliphatic carbocycles. The quantitative estimate of drug-likeness (QED) is 0.818. The highest BCUT2D eigenvalue weighted by molar-refractivity contribution is 5.93. The van der Waals surface area contributed by atoms with Crippen LogP contribution in [0.15, 0.2) is 28.9 Å². The first-order valence-corrected chi connectivity index (χ1v) is 9.51. The number of aromatic nitrogens is 2. The molecule has 4 heterocycles. The summed E-state index contributed by atoms with van der Waals surface area (Å²) in [6.45, 7) is 4.62. The number of hydrogen-bond donors (Lipinski definition) is 1. The number of hydrogen-bond acceptors (Lipinski definition) is 4. The lowest BCUT2D eigenvalue weighted by atomic mass is 9.95. The highest BCUT2D eigenvalue weighted by atomic mass is 19.4. The maximum Gasteiger partial charge on any atom is 0.410 e. The molecule has 0 spiro atoms. The summed E-state index contributed by atoms with van der Waals surface area (Å²) in [6.07, 6.45) is -1.39. The smallest absolute Gasteiger partial charge is 0.410 e. The molecule has 9 heteroatoms. The predicted octanol–water partition coefficient (Wildman–Crippen LogP) is 4.40. The second-order valence-corrected chi connectivity index (χ2v) is 7.85. The fourth-order valence-corrected chi connectivity index (χ4v) is 4.07. The lowest BCUT2D eigenvalue weighted by molar-refractivity contribution is -0.174. The molecule has 1 fully saturated rings. The van der Waals surface area contributed by atoms with Crippen LogP contribution in [0.3, 0.4) is 0 Å². The van der Waals surface area contributed by atoms with Crippen molar-refractivity contribution in [2.45, 2.75) is 57.4 Å². The maximum absolute atomic E-state index is 13.7. The Bertz CT molecular complexity index is 846. The Morgan fingerprint density at radius 2 is 2.11 bits per heavy atom. The number of amides is 1. The van der Waals surface area contributed by atoms with Crippen molar-refractivity contribution in [2.24, 2.45) is 5.92 Å². The number of carbonyl (C=O) groups excluding carboxylic acids is 1. The zero-order valence-electron chi connectivity index (χ0n) is 15.7. The van der Waals surface area contributed by atoms with Crippen LogP contribution in [-0.4, -0.2) is 39.4 Å². The minimum Gasteiger partial charge on any atom is -0.467 e. The highest BCUT2D eigenvalue weighted by Gasteiger charge is 2.47. The lowest BCUT2D eigenvalue weighted by Crippen LogP contribution is -2.45. The third-order valence-corrected chi connectivity index (χ3v) is 5.67. The summed E-state index contributed by atoms with van der Waals surface area (Å²) >= 11 is 0. The topological polar surface area (TPSA) is 63.3 Å². The largest absolute Gasteiger partial charge is 0.467 e. The van der Waals surface area contributed by atoms with Gasteiger partial charge in [-0.2, -0.15) is 18.3 Å². The van der Waals surface area contributed by atoms with E-state index in [1.807, 2.05) is 6.92 Å². The molecular weight excluding hydrogens is 373 g/mol. The normalized spacial score (nSPS) is 28.0. The summed E-state index contributed by atoms with van der Waals surface area (Å²) in [5.41, 5.74) is 0.0396. The number of nitrogens with one attached hydrogen (secondary N) is 1. The van der Waals surface area contributed by atoms with Crippen LogP contribution >= 0.6 is 0 Å². The Morgan fingerprint density at radius 1 is 1.32 bits per heavy atom. The van der Waals surface area contributed by atoms with Crippen molar-refractivity contribution < 1.29 is 22.4 Å². The average Bonchev–Trinajstić information content (AvgIpc) is 3.30. The van der Waals surface area contributed by atoms with Gasteiger partial charge in [0.1, 0.15) is 11.6 Å². The third-order valence-electron chi connectivity index (χ3n) is 5.67. The molecule has 4 atom stereocenters. The molecule has 0 unspecified atom stereocenters. The van der Waals surface area contributed by atoms with Crippen LogP contribution in [0.5, 0.6) is 0 Å². The number of likely N-dealkylation sites (tertiary alicyclic amines) is 1. The van der Waals surface area contributed by atoms with Gasteiger partial charge in [-0.3, -0.25) is 4.79 Å². The number of halogens is 3. The SMILES string of the molecule is C[C@@H]1CC[C@H](C)N(C(=O)c2cc3n(n2)[C@H](C(F)(F)F)C[C@H](c2ccco2)N3)C1. The van der Waals surface area contributed by atoms with Gasteiger partial charge >= 0.3 is 6.18 Å². The molecule has 152 valence electrons. The maximum atomic E-state index is 13.7. The van der Waals surface area contributed by atoms with E-state index in [4.69, 9.17) is 4.42 Å². The van der Waals surface area contributed by atoms with Gasteiger partial charge in [0, 0.05) is 25.1 Å². The highest BCUT2D eigenvalue weighted by Crippen LogP contribution is 2.43. The Hall–Kier alpha value is -2.45. The first-order valence-electron chi connectivity index (χ1n) is 9.51. The van der Waals surface area contributed by atoms with E-state index >= 15 is 0 Å². The first kappa shape index (κ1) is 18.9. The van der Waals surface area contributed by atoms with Gasteiger partial charge in [0.2, 0.25) is 0 Å². The van der Waals surface area contributed by atoms with E-state index in [9.17, 15) is 18.0 Å². The van der Waals surface area contributed by atoms with Crippen LogP contribution in [-0.2, 0) is 0 Å². The number of anilines is 1. The second kappa shape index (κ2) is 6.86. The molecule has 0 bridgehead atoms. The summed E-state index contributed by atoms with van der Waals surface area (Å²) in [4.78, 5) is 14.7. The van der Waals surface area contributed by atoms with E-state index in [0.717, 1.165) is 17.5 Å². The molecule has 2 aliphatic rings. The molecule has 1 saturated heterocycles. The van der Waals surface area contributed by atoms with Crippen molar-refractivity contribution in [3.05, 3.63) is 35.9 Å². The van der Waals surface area contributed by atoms with E-state index in [-0.39, 0.29) is 29.9 Å². The van der Waals surface area contributed by atoms with Gasteiger partial charge in [-0.25, -0.2) is 4.68 Å². The molecule has 28 heavy (non-hydrogen) atoms. The minimum absolute atomic E-state index is 0.0396. The Morgan fingerprint density at radius 3 is 2.79 bits per heavy atom. The molecule has 2 aromatic rings. The number of furan rings is 1. The number of piperidine rings is 1. The third kappa shape index (κ3) is 3.38. The van der Waals surface area contributed by atoms with E-state index in [1.54, 1.807) is 17.0 Å². The fraction of sp³-hybridized carbons (Fsp3) is 0.579. The van der Waals surface area contributed by atoms with Crippen LogP contribution in [0, 0.1) is 5.92 Å². The van der Waals surface area contributed by atoms with Crippen LogP contribution < -0.4 is 5.32 Å². The van der Waals surface area contributed by atoms with E-state index in [2.05, 4.69) is 17.3 Å². The summed E-state index contributed by atoms with van der Waals surface area (Å²) in [6, 6.07) is 2.28. The molecule has 2 aromatic heterocycles. The molecular formula is C19H23F3N4O2. The van der Waals surface area contributed by atoms with Crippen LogP contribution in [0.2, 0.25) is 0 Å². The molecule has 4 rings (SSSR count). The Labute approximate surface area is 160 Å². The molecule has 0 saturated carbocycles. The second-order valence-electron chi connectivity index (χ2n) is 7.85. The number of alkyl halides is 3. The zero-order chi connectivity index (χ0) is 20.1. The van der Waals surface area contributed by atoms with Gasteiger partial charge in [-0.05, 0) is 37.8 Å². The van der Waals surface area contributed by atoms with Crippen molar-refractivity contribution in [3.63, 3.8) is 0 Å². The van der Waals surface area contributed by atoms with Gasteiger partial charge in [0.05, 0.1) is 12.3 Å². The van der Waals surface area contributed by atoms with E-state index in [0.29, 0.717) is 18.2 Å². The lowest BCUT2D eigenvalue weighted by Gasteiger charge is -2.36. The van der Waals surface area contributed by atoms with Crippen molar-refractivity contribution in [1.82, 2.24) is 14.7 Å². The Balaban J connectivity index is 1.66. The van der Waals surface area contributed by atoms with Gasteiger partial charge < -0.3 is 14.6 Å². The summed E-state index contributed by atoms with van der Waals surface area (Å²) in [5, 5.41) is 7.10. The molecule has 1 amide bonds. The van der Waals surface area contributed by atoms with E-state index in [1.165, 1.54) is 12.3 Å². The number of carbonyl (C=O) groups is 1. The van der Waals surface area contributed by atoms with E-state index < -0.39 is 18.3 Å². The zero-order valence-corrected chi connectivity index (χ0v) is 15.7. The Kier molecular flexibility index (Phi) is 4.63. The van der Waals surface area contributed by atoms with Crippen LogP contribution in [0.4, 0.5) is 19.0 Å². The molecule has 6 nitrogen and oxygen atoms in total. The van der Waals surface area contributed by atoms with Crippen molar-refractivity contribution in [3.8, 4) is 0 Å². The van der Waals surface area contributed by atoms with Crippen molar-refractivity contribution >= 4 is 11.7 Å². The number of fused-ring (bicyclic) bond motifs is 1. The van der Waals surface area contributed by atoms with Gasteiger partial charge in [-0.15, -0.1) is 0 Å². The molecule has 2 aliphatic heterocycles. The number of nitrogens with zero attached hydrogens (tertiary/aromatic N) is 3. The van der Waals surface area contributed by atoms with Crippen molar-refractivity contribution in [2.75, 3.05) is 11.9 Å². The monoisotopic (exact) mass is 396 g/mol. The first-order chi connectivity index (χ1) is 13.2. The predicted molar refractivity (Wildman–Crippen MR) is 95.9 cm³/mol. The van der Waals surface area contributed by atoms with Gasteiger partial charge in [-0.1, -0.05) is 6.92 Å². The van der Waals surface area contributed by atoms with Gasteiger partial charge in [0.15, 0.2) is 11.7 Å². The van der Waals surface area contributed by atoms with Gasteiger partial charge in [0.25, 0.3) is 5.91 Å². The average molecular weight is 396 g/mol.